The van der Waals surface area contributed by atoms with E-state index in [9.17, 15) is 19.2 Å². The quantitative estimate of drug-likeness (QED) is 0.305. The normalized spacial score (nSPS) is 13.0. The lowest BCUT2D eigenvalue weighted by Gasteiger charge is -2.35. The zero-order valence-corrected chi connectivity index (χ0v) is 24.5. The Bertz CT molecular complexity index is 955. The van der Waals surface area contributed by atoms with Crippen LogP contribution in [0.3, 0.4) is 0 Å². The number of ether oxygens (including phenoxy) is 1. The molecular weight excluding hydrogens is 484 g/mol. The number of alkyl carbamates (subject to hydrolysis) is 1. The van der Waals surface area contributed by atoms with Gasteiger partial charge >= 0.3 is 6.09 Å². The fourth-order valence-electron chi connectivity index (χ4n) is 4.17. The summed E-state index contributed by atoms with van der Waals surface area (Å²) < 4.78 is 5.33. The average molecular weight is 533 g/mol. The van der Waals surface area contributed by atoms with Crippen molar-refractivity contribution in [2.75, 3.05) is 6.54 Å². The molecule has 0 fully saturated rings. The number of aryl methyl sites for hydroxylation is 2. The number of nitrogens with zero attached hydrogens (tertiary/aromatic N) is 1. The monoisotopic (exact) mass is 532 g/mol. The van der Waals surface area contributed by atoms with Crippen molar-refractivity contribution in [1.29, 1.82) is 0 Å². The Morgan fingerprint density at radius 2 is 1.63 bits per heavy atom. The van der Waals surface area contributed by atoms with Crippen molar-refractivity contribution >= 4 is 23.8 Å². The maximum absolute atomic E-state index is 14.1. The van der Waals surface area contributed by atoms with Gasteiger partial charge in [-0.25, -0.2) is 4.79 Å². The number of unbranched alkanes of at least 4 members (excludes halogenated alkanes) is 4. The van der Waals surface area contributed by atoms with Crippen LogP contribution < -0.4 is 16.4 Å². The highest BCUT2D eigenvalue weighted by Crippen LogP contribution is 2.28. The summed E-state index contributed by atoms with van der Waals surface area (Å²) in [6.07, 6.45) is 3.44. The summed E-state index contributed by atoms with van der Waals surface area (Å²) in [6, 6.07) is 3.39. The van der Waals surface area contributed by atoms with Crippen LogP contribution in [0, 0.1) is 13.8 Å². The molecule has 0 aliphatic heterocycles. The van der Waals surface area contributed by atoms with Gasteiger partial charge in [-0.2, -0.15) is 0 Å². The van der Waals surface area contributed by atoms with E-state index < -0.39 is 42.0 Å². The number of nitrogens with two attached hydrogens (primary N) is 1. The predicted molar refractivity (Wildman–Crippen MR) is 149 cm³/mol. The lowest BCUT2D eigenvalue weighted by molar-refractivity contribution is -0.143. The fourth-order valence-corrected chi connectivity index (χ4v) is 4.17. The molecule has 9 nitrogen and oxygen atoms in total. The SMILES string of the molecule is CCCCCCCN(C(=O)C(CC(N)=O)NC(=O)OC(C)(C)C)C(C(=O)NC(C)C)c1cc(C)ccc1C. The van der Waals surface area contributed by atoms with Gasteiger partial charge in [0.25, 0.3) is 0 Å². The zero-order chi connectivity index (χ0) is 29.0. The van der Waals surface area contributed by atoms with Crippen molar-refractivity contribution in [2.24, 2.45) is 5.73 Å². The number of carbonyl (C=O) groups is 4. The second-order valence-corrected chi connectivity index (χ2v) is 11.2. The molecule has 0 saturated carbocycles. The topological polar surface area (TPSA) is 131 Å². The van der Waals surface area contributed by atoms with Crippen LogP contribution in [0.25, 0.3) is 0 Å². The standard InChI is InChI=1S/C29H48N4O5/c1-9-10-11-12-13-16-33(27(36)23(18-24(30)34)32-28(37)38-29(6,7)8)25(26(35)31-19(2)3)22-17-20(4)14-15-21(22)5/h14-15,17,19,23,25H,9-13,16,18H2,1-8H3,(H2,30,34)(H,31,35)(H,32,37). The fraction of sp³-hybridized carbons (Fsp3) is 0.655. The number of primary amides is 1. The van der Waals surface area contributed by atoms with E-state index in [4.69, 9.17) is 10.5 Å². The van der Waals surface area contributed by atoms with E-state index in [1.807, 2.05) is 45.9 Å². The zero-order valence-electron chi connectivity index (χ0n) is 24.5. The summed E-state index contributed by atoms with van der Waals surface area (Å²) in [5, 5.41) is 5.47. The van der Waals surface area contributed by atoms with Crippen LogP contribution in [0.4, 0.5) is 4.79 Å². The molecule has 0 bridgehead atoms. The van der Waals surface area contributed by atoms with E-state index in [0.717, 1.165) is 36.8 Å². The van der Waals surface area contributed by atoms with Crippen LogP contribution in [-0.4, -0.2) is 52.9 Å². The first-order valence-electron chi connectivity index (χ1n) is 13.6. The van der Waals surface area contributed by atoms with Gasteiger partial charge < -0.3 is 26.0 Å². The first-order valence-corrected chi connectivity index (χ1v) is 13.6. The lowest BCUT2D eigenvalue weighted by Crippen LogP contribution is -2.54. The Balaban J connectivity index is 3.55. The molecule has 0 aliphatic carbocycles. The molecule has 2 unspecified atom stereocenters. The molecular formula is C29H48N4O5. The van der Waals surface area contributed by atoms with E-state index in [0.29, 0.717) is 12.0 Å². The van der Waals surface area contributed by atoms with Gasteiger partial charge in [0.15, 0.2) is 0 Å². The van der Waals surface area contributed by atoms with Gasteiger partial charge in [-0.1, -0.05) is 56.4 Å². The smallest absolute Gasteiger partial charge is 0.408 e. The summed E-state index contributed by atoms with van der Waals surface area (Å²) in [5.41, 5.74) is 7.16. The van der Waals surface area contributed by atoms with Crippen molar-refractivity contribution < 1.29 is 23.9 Å². The molecule has 0 spiro atoms. The molecule has 9 heteroatoms. The Hall–Kier alpha value is -3.10. The van der Waals surface area contributed by atoms with E-state index in [1.54, 1.807) is 20.8 Å². The Kier molecular flexibility index (Phi) is 13.3. The average Bonchev–Trinajstić information content (AvgIpc) is 2.77. The lowest BCUT2D eigenvalue weighted by atomic mass is 9.95. The Labute approximate surface area is 228 Å². The van der Waals surface area contributed by atoms with Crippen LogP contribution in [0.5, 0.6) is 0 Å². The van der Waals surface area contributed by atoms with Crippen molar-refractivity contribution in [3.05, 3.63) is 34.9 Å². The van der Waals surface area contributed by atoms with E-state index >= 15 is 0 Å². The van der Waals surface area contributed by atoms with Crippen LogP contribution in [-0.2, 0) is 19.1 Å². The van der Waals surface area contributed by atoms with Crippen molar-refractivity contribution in [1.82, 2.24) is 15.5 Å². The number of hydrogen-bond donors (Lipinski definition) is 3. The third-order valence-electron chi connectivity index (χ3n) is 5.90. The molecule has 0 radical (unpaired) electrons. The first kappa shape index (κ1) is 32.9. The molecule has 0 saturated heterocycles. The predicted octanol–water partition coefficient (Wildman–Crippen LogP) is 4.44. The molecule has 1 aromatic carbocycles. The molecule has 4 N–H and O–H groups in total. The van der Waals surface area contributed by atoms with Crippen LogP contribution in [0.1, 0.15) is 103 Å². The second kappa shape index (κ2) is 15.3. The summed E-state index contributed by atoms with van der Waals surface area (Å²) in [4.78, 5) is 53.7. The number of hydrogen-bond acceptors (Lipinski definition) is 5. The molecule has 0 heterocycles. The number of carbonyl (C=O) groups excluding carboxylic acids is 4. The van der Waals surface area contributed by atoms with Gasteiger partial charge in [0, 0.05) is 12.6 Å². The van der Waals surface area contributed by atoms with Gasteiger partial charge in [-0.15, -0.1) is 0 Å². The highest BCUT2D eigenvalue weighted by atomic mass is 16.6. The molecule has 1 rings (SSSR count). The number of benzene rings is 1. The molecule has 1 aromatic rings. The highest BCUT2D eigenvalue weighted by molar-refractivity contribution is 5.94. The maximum atomic E-state index is 14.1. The largest absolute Gasteiger partial charge is 0.444 e. The maximum Gasteiger partial charge on any atom is 0.408 e. The minimum atomic E-state index is -1.28. The molecule has 0 aromatic heterocycles. The highest BCUT2D eigenvalue weighted by Gasteiger charge is 2.37. The third kappa shape index (κ3) is 11.5. The summed E-state index contributed by atoms with van der Waals surface area (Å²) >= 11 is 0. The van der Waals surface area contributed by atoms with Crippen molar-refractivity contribution in [2.45, 2.75) is 118 Å². The van der Waals surface area contributed by atoms with Crippen molar-refractivity contribution in [3.63, 3.8) is 0 Å². The summed E-state index contributed by atoms with van der Waals surface area (Å²) in [5.74, 6) is -1.64. The number of nitrogens with one attached hydrogen (secondary N) is 2. The van der Waals surface area contributed by atoms with Gasteiger partial charge in [0.2, 0.25) is 17.7 Å². The Morgan fingerprint density at radius 1 is 1.00 bits per heavy atom. The summed E-state index contributed by atoms with van der Waals surface area (Å²) in [6.45, 7) is 15.0. The van der Waals surface area contributed by atoms with E-state index in [2.05, 4.69) is 17.6 Å². The molecule has 2 atom stereocenters. The molecule has 4 amide bonds. The van der Waals surface area contributed by atoms with E-state index in [1.165, 1.54) is 4.90 Å². The van der Waals surface area contributed by atoms with Crippen LogP contribution in [0.2, 0.25) is 0 Å². The van der Waals surface area contributed by atoms with Crippen LogP contribution in [0.15, 0.2) is 18.2 Å². The van der Waals surface area contributed by atoms with Gasteiger partial charge in [-0.3, -0.25) is 14.4 Å². The molecule has 0 aliphatic rings. The molecule has 38 heavy (non-hydrogen) atoms. The van der Waals surface area contributed by atoms with Gasteiger partial charge in [-0.05, 0) is 66.0 Å². The van der Waals surface area contributed by atoms with E-state index in [-0.39, 0.29) is 18.5 Å². The number of amides is 4. The first-order chi connectivity index (χ1) is 17.7. The minimum Gasteiger partial charge on any atom is -0.444 e. The Morgan fingerprint density at radius 3 is 2.18 bits per heavy atom. The molecule has 214 valence electrons. The second-order valence-electron chi connectivity index (χ2n) is 11.2. The van der Waals surface area contributed by atoms with Gasteiger partial charge in [0.05, 0.1) is 6.42 Å². The minimum absolute atomic E-state index is 0.155. The van der Waals surface area contributed by atoms with Crippen molar-refractivity contribution in [3.8, 4) is 0 Å². The van der Waals surface area contributed by atoms with Crippen LogP contribution >= 0.6 is 0 Å². The third-order valence-corrected chi connectivity index (χ3v) is 5.90. The number of rotatable bonds is 14. The summed E-state index contributed by atoms with van der Waals surface area (Å²) in [7, 11) is 0. The van der Waals surface area contributed by atoms with Gasteiger partial charge in [0.1, 0.15) is 17.7 Å².